The minimum Gasteiger partial charge on any atom is -0.383 e. The molecule has 2 heterocycles. The van der Waals surface area contributed by atoms with Crippen LogP contribution < -0.4 is 10.6 Å². The highest BCUT2D eigenvalue weighted by molar-refractivity contribution is 6.07. The summed E-state index contributed by atoms with van der Waals surface area (Å²) >= 11 is 0. The van der Waals surface area contributed by atoms with Gasteiger partial charge in [0.15, 0.2) is 0 Å². The molecule has 7 heteroatoms. The zero-order chi connectivity index (χ0) is 24.2. The summed E-state index contributed by atoms with van der Waals surface area (Å²) in [6.45, 7) is 3.69. The van der Waals surface area contributed by atoms with Gasteiger partial charge in [-0.15, -0.1) is 0 Å². The quantitative estimate of drug-likeness (QED) is 0.369. The largest absolute Gasteiger partial charge is 0.383 e. The van der Waals surface area contributed by atoms with Gasteiger partial charge in [0.25, 0.3) is 5.91 Å². The number of fused-ring (bicyclic) bond motifs is 2. The second kappa shape index (κ2) is 10.3. The van der Waals surface area contributed by atoms with Crippen LogP contribution in [0.1, 0.15) is 45.7 Å². The minimum absolute atomic E-state index is 0.110. The molecule has 0 fully saturated rings. The molecule has 180 valence electrons. The van der Waals surface area contributed by atoms with Crippen molar-refractivity contribution in [3.05, 3.63) is 82.7 Å². The summed E-state index contributed by atoms with van der Waals surface area (Å²) in [5.74, 6) is 1.44. The third kappa shape index (κ3) is 4.77. The molecule has 0 spiro atoms. The summed E-state index contributed by atoms with van der Waals surface area (Å²) in [5, 5.41) is 7.39. The first-order chi connectivity index (χ1) is 17.2. The molecule has 2 aromatic carbocycles. The van der Waals surface area contributed by atoms with Gasteiger partial charge in [-0.1, -0.05) is 36.4 Å². The Morgan fingerprint density at radius 3 is 2.71 bits per heavy atom. The van der Waals surface area contributed by atoms with Crippen molar-refractivity contribution < 1.29 is 9.53 Å². The summed E-state index contributed by atoms with van der Waals surface area (Å²) in [6.07, 6.45) is 4.24. The van der Waals surface area contributed by atoms with Crippen LogP contribution in [0.5, 0.6) is 0 Å². The molecule has 2 aromatic heterocycles. The number of amides is 1. The Balaban J connectivity index is 1.54. The highest BCUT2D eigenvalue weighted by Gasteiger charge is 2.21. The highest BCUT2D eigenvalue weighted by atomic mass is 16.5. The number of aryl methyl sites for hydroxylation is 2. The maximum Gasteiger partial charge on any atom is 0.252 e. The zero-order valence-corrected chi connectivity index (χ0v) is 20.3. The van der Waals surface area contributed by atoms with Gasteiger partial charge in [0.2, 0.25) is 5.95 Å². The molecule has 35 heavy (non-hydrogen) atoms. The number of rotatable bonds is 8. The molecule has 2 N–H and O–H groups in total. The standard InChI is InChI=1S/C28H31N5O2/c1-19-17-23-21(27(34)29-15-16-35-2)12-8-14-25(23)33(19)28-31-24-13-7-6-11-22(24)26(32-28)30-18-20-9-4-3-5-10-20/h3-5,8-10,12,14,17H,6-7,11,13,15-16,18H2,1-2H3,(H,29,34)(H,30,31,32). The van der Waals surface area contributed by atoms with Gasteiger partial charge in [-0.2, -0.15) is 4.98 Å². The molecule has 0 saturated heterocycles. The van der Waals surface area contributed by atoms with E-state index in [4.69, 9.17) is 14.7 Å². The van der Waals surface area contributed by atoms with E-state index in [2.05, 4.69) is 39.5 Å². The van der Waals surface area contributed by atoms with E-state index in [9.17, 15) is 4.79 Å². The second-order valence-corrected chi connectivity index (χ2v) is 8.95. The minimum atomic E-state index is -0.110. The van der Waals surface area contributed by atoms with Gasteiger partial charge < -0.3 is 15.4 Å². The Bertz CT molecular complexity index is 1350. The van der Waals surface area contributed by atoms with Gasteiger partial charge in [-0.25, -0.2) is 4.98 Å². The van der Waals surface area contributed by atoms with E-state index in [1.807, 2.05) is 37.3 Å². The van der Waals surface area contributed by atoms with Crippen LogP contribution >= 0.6 is 0 Å². The van der Waals surface area contributed by atoms with E-state index in [1.54, 1.807) is 7.11 Å². The van der Waals surface area contributed by atoms with Crippen LogP contribution in [0.25, 0.3) is 16.9 Å². The first-order valence-corrected chi connectivity index (χ1v) is 12.2. The summed E-state index contributed by atoms with van der Waals surface area (Å²) < 4.78 is 7.12. The fraction of sp³-hybridized carbons (Fsp3) is 0.321. The molecule has 1 amide bonds. The maximum absolute atomic E-state index is 12.8. The van der Waals surface area contributed by atoms with Crippen molar-refractivity contribution in [1.82, 2.24) is 19.9 Å². The van der Waals surface area contributed by atoms with Crippen LogP contribution in [0.4, 0.5) is 5.82 Å². The van der Waals surface area contributed by atoms with Crippen molar-refractivity contribution >= 4 is 22.6 Å². The molecule has 1 aliphatic carbocycles. The molecular weight excluding hydrogens is 438 g/mol. The fourth-order valence-electron chi connectivity index (χ4n) is 4.80. The number of methoxy groups -OCH3 is 1. The zero-order valence-electron chi connectivity index (χ0n) is 20.3. The van der Waals surface area contributed by atoms with Crippen LogP contribution in [0.3, 0.4) is 0 Å². The molecule has 0 saturated carbocycles. The summed E-state index contributed by atoms with van der Waals surface area (Å²) in [7, 11) is 1.62. The number of anilines is 1. The Hall–Kier alpha value is -3.71. The topological polar surface area (TPSA) is 81.1 Å². The molecule has 0 unspecified atom stereocenters. The number of carbonyl (C=O) groups excluding carboxylic acids is 1. The SMILES string of the molecule is COCCNC(=O)c1cccc2c1cc(C)n2-c1nc2c(c(NCc3ccccc3)n1)CCCC2. The van der Waals surface area contributed by atoms with E-state index in [0.29, 0.717) is 31.2 Å². The Labute approximate surface area is 205 Å². The number of nitrogens with one attached hydrogen (secondary N) is 2. The van der Waals surface area contributed by atoms with E-state index in [-0.39, 0.29) is 5.91 Å². The third-order valence-electron chi connectivity index (χ3n) is 6.54. The Kier molecular flexibility index (Phi) is 6.77. The Morgan fingerprint density at radius 1 is 1.06 bits per heavy atom. The average molecular weight is 470 g/mol. The van der Waals surface area contributed by atoms with Crippen molar-refractivity contribution in [1.29, 1.82) is 0 Å². The molecular formula is C28H31N5O2. The van der Waals surface area contributed by atoms with E-state index in [1.165, 1.54) is 11.1 Å². The van der Waals surface area contributed by atoms with Crippen molar-refractivity contribution in [2.45, 2.75) is 39.2 Å². The van der Waals surface area contributed by atoms with Crippen LogP contribution in [-0.4, -0.2) is 40.7 Å². The van der Waals surface area contributed by atoms with Crippen LogP contribution in [0, 0.1) is 6.92 Å². The van der Waals surface area contributed by atoms with Gasteiger partial charge in [-0.3, -0.25) is 9.36 Å². The van der Waals surface area contributed by atoms with Gasteiger partial charge >= 0.3 is 0 Å². The number of ether oxygens (including phenoxy) is 1. The lowest BCUT2D eigenvalue weighted by molar-refractivity contribution is 0.0938. The van der Waals surface area contributed by atoms with Crippen LogP contribution in [-0.2, 0) is 24.1 Å². The summed E-state index contributed by atoms with van der Waals surface area (Å²) in [6, 6.07) is 18.2. The molecule has 7 nitrogen and oxygen atoms in total. The summed E-state index contributed by atoms with van der Waals surface area (Å²) in [5.41, 5.74) is 6.10. The van der Waals surface area contributed by atoms with Crippen LogP contribution in [0.2, 0.25) is 0 Å². The normalized spacial score (nSPS) is 13.0. The lowest BCUT2D eigenvalue weighted by atomic mass is 9.96. The molecule has 0 bridgehead atoms. The van der Waals surface area contributed by atoms with Gasteiger partial charge in [0.1, 0.15) is 5.82 Å². The molecule has 1 aliphatic rings. The van der Waals surface area contributed by atoms with Crippen molar-refractivity contribution in [3.63, 3.8) is 0 Å². The molecule has 0 atom stereocenters. The van der Waals surface area contributed by atoms with Gasteiger partial charge in [-0.05, 0) is 56.4 Å². The molecule has 0 aliphatic heterocycles. The van der Waals surface area contributed by atoms with Crippen molar-refractivity contribution in [2.24, 2.45) is 0 Å². The number of aromatic nitrogens is 3. The predicted molar refractivity (Wildman–Crippen MR) is 138 cm³/mol. The number of benzene rings is 2. The first-order valence-electron chi connectivity index (χ1n) is 12.2. The summed E-state index contributed by atoms with van der Waals surface area (Å²) in [4.78, 5) is 22.9. The van der Waals surface area contributed by atoms with Crippen molar-refractivity contribution in [3.8, 4) is 5.95 Å². The fourth-order valence-corrected chi connectivity index (χ4v) is 4.80. The number of hydrogen-bond acceptors (Lipinski definition) is 5. The predicted octanol–water partition coefficient (Wildman–Crippen LogP) is 4.60. The number of nitrogens with zero attached hydrogens (tertiary/aromatic N) is 3. The first kappa shape index (κ1) is 23.1. The molecule has 4 aromatic rings. The number of carbonyl (C=O) groups is 1. The average Bonchev–Trinajstić information content (AvgIpc) is 3.23. The van der Waals surface area contributed by atoms with Gasteiger partial charge in [0.05, 0.1) is 17.8 Å². The van der Waals surface area contributed by atoms with E-state index in [0.717, 1.165) is 53.8 Å². The molecule has 0 radical (unpaired) electrons. The second-order valence-electron chi connectivity index (χ2n) is 8.95. The third-order valence-corrected chi connectivity index (χ3v) is 6.54. The van der Waals surface area contributed by atoms with E-state index >= 15 is 0 Å². The smallest absolute Gasteiger partial charge is 0.252 e. The monoisotopic (exact) mass is 469 g/mol. The number of hydrogen-bond donors (Lipinski definition) is 2. The van der Waals surface area contributed by atoms with E-state index < -0.39 is 0 Å². The van der Waals surface area contributed by atoms with Crippen molar-refractivity contribution in [2.75, 3.05) is 25.6 Å². The maximum atomic E-state index is 12.8. The Morgan fingerprint density at radius 2 is 1.89 bits per heavy atom. The highest BCUT2D eigenvalue weighted by Crippen LogP contribution is 2.30. The van der Waals surface area contributed by atoms with Crippen LogP contribution in [0.15, 0.2) is 54.6 Å². The van der Waals surface area contributed by atoms with Gasteiger partial charge in [0, 0.05) is 42.4 Å². The molecule has 5 rings (SSSR count). The lowest BCUT2D eigenvalue weighted by Crippen LogP contribution is -2.27. The lowest BCUT2D eigenvalue weighted by Gasteiger charge is -2.21.